The van der Waals surface area contributed by atoms with Crippen LogP contribution in [0.15, 0.2) is 29.8 Å². The van der Waals surface area contributed by atoms with E-state index in [-0.39, 0.29) is 5.91 Å². The molecule has 2 aromatic rings. The third-order valence-corrected chi connectivity index (χ3v) is 6.34. The van der Waals surface area contributed by atoms with Gasteiger partial charge in [-0.3, -0.25) is 4.79 Å². The van der Waals surface area contributed by atoms with Gasteiger partial charge in [-0.15, -0.1) is 0 Å². The fourth-order valence-electron chi connectivity index (χ4n) is 4.32. The Kier molecular flexibility index (Phi) is 6.32. The number of fused-ring (bicyclic) bond motifs is 1. The Morgan fingerprint density at radius 2 is 1.87 bits per heavy atom. The zero-order valence-electron chi connectivity index (χ0n) is 18.3. The molecule has 0 bridgehead atoms. The summed E-state index contributed by atoms with van der Waals surface area (Å²) in [5, 5.41) is 0. The zero-order chi connectivity index (χ0) is 22.0. The van der Waals surface area contributed by atoms with Gasteiger partial charge in [0.2, 0.25) is 5.91 Å². The molecule has 0 spiro atoms. The summed E-state index contributed by atoms with van der Waals surface area (Å²) in [7, 11) is 1.60. The molecule has 1 aromatic carbocycles. The standard InChI is InChI=1S/C23H28ClN5O2/c1-16-5-4-6-20(17(16)2)29-10-8-18-19(15-29)25-23(31-3)26-22(18)28-13-11-27(12-14-28)21(30)7-9-24/h4-7,9H,8,10-15H2,1-3H3/b9-7-. The molecule has 2 aliphatic rings. The van der Waals surface area contributed by atoms with Crippen LogP contribution in [0.1, 0.15) is 22.4 Å². The van der Waals surface area contributed by atoms with Gasteiger partial charge in [0.15, 0.2) is 0 Å². The van der Waals surface area contributed by atoms with Crippen LogP contribution in [0.25, 0.3) is 0 Å². The molecular weight excluding hydrogens is 414 g/mol. The van der Waals surface area contributed by atoms with Crippen molar-refractivity contribution in [3.05, 3.63) is 52.2 Å². The number of nitrogens with zero attached hydrogens (tertiary/aromatic N) is 5. The maximum Gasteiger partial charge on any atom is 0.318 e. The molecule has 8 heteroatoms. The van der Waals surface area contributed by atoms with Crippen LogP contribution in [0.2, 0.25) is 0 Å². The predicted octanol–water partition coefficient (Wildman–Crippen LogP) is 3.07. The van der Waals surface area contributed by atoms with Gasteiger partial charge < -0.3 is 19.4 Å². The number of piperazine rings is 1. The number of rotatable bonds is 4. The van der Waals surface area contributed by atoms with E-state index in [9.17, 15) is 4.79 Å². The average Bonchev–Trinajstić information content (AvgIpc) is 2.80. The van der Waals surface area contributed by atoms with E-state index in [0.717, 1.165) is 44.1 Å². The summed E-state index contributed by atoms with van der Waals surface area (Å²) in [5.41, 5.74) is 7.31. The number of aryl methyl sites for hydroxylation is 1. The molecule has 1 fully saturated rings. The second-order valence-corrected chi connectivity index (χ2v) is 8.21. The summed E-state index contributed by atoms with van der Waals surface area (Å²) in [4.78, 5) is 27.9. The van der Waals surface area contributed by atoms with Crippen LogP contribution in [0, 0.1) is 13.8 Å². The van der Waals surface area contributed by atoms with Gasteiger partial charge in [-0.2, -0.15) is 9.97 Å². The molecule has 0 unspecified atom stereocenters. The first-order valence-electron chi connectivity index (χ1n) is 10.6. The number of benzene rings is 1. The van der Waals surface area contributed by atoms with E-state index >= 15 is 0 Å². The van der Waals surface area contributed by atoms with Crippen LogP contribution in [-0.4, -0.2) is 60.6 Å². The van der Waals surface area contributed by atoms with Crippen LogP contribution in [0.4, 0.5) is 11.5 Å². The molecule has 31 heavy (non-hydrogen) atoms. The highest BCUT2D eigenvalue weighted by Crippen LogP contribution is 2.33. The predicted molar refractivity (Wildman–Crippen MR) is 123 cm³/mol. The Labute approximate surface area is 188 Å². The Morgan fingerprint density at radius 1 is 1.10 bits per heavy atom. The van der Waals surface area contributed by atoms with E-state index in [4.69, 9.17) is 26.3 Å². The first-order valence-corrected chi connectivity index (χ1v) is 11.0. The van der Waals surface area contributed by atoms with E-state index in [2.05, 4.69) is 41.8 Å². The molecule has 0 radical (unpaired) electrons. The summed E-state index contributed by atoms with van der Waals surface area (Å²) in [6.45, 7) is 8.67. The third-order valence-electron chi connectivity index (χ3n) is 6.22. The van der Waals surface area contributed by atoms with Crippen molar-refractivity contribution in [2.24, 2.45) is 0 Å². The number of aromatic nitrogens is 2. The Bertz CT molecular complexity index is 1000. The SMILES string of the molecule is COc1nc2c(c(N3CCN(C(=O)/C=C\Cl)CC3)n1)CCN(c1cccc(C)c1C)C2. The molecule has 1 amide bonds. The number of carbonyl (C=O) groups excluding carboxylic acids is 1. The maximum absolute atomic E-state index is 12.1. The van der Waals surface area contributed by atoms with Gasteiger partial charge in [0, 0.05) is 55.6 Å². The molecule has 0 atom stereocenters. The summed E-state index contributed by atoms with van der Waals surface area (Å²) in [6.07, 6.45) is 2.27. The lowest BCUT2D eigenvalue weighted by molar-refractivity contribution is -0.126. The molecule has 0 saturated carbocycles. The number of halogens is 1. The van der Waals surface area contributed by atoms with Crippen molar-refractivity contribution in [1.82, 2.24) is 14.9 Å². The normalized spacial score (nSPS) is 16.6. The van der Waals surface area contributed by atoms with Crippen molar-refractivity contribution in [2.75, 3.05) is 49.6 Å². The third kappa shape index (κ3) is 4.32. The van der Waals surface area contributed by atoms with Gasteiger partial charge in [-0.1, -0.05) is 23.7 Å². The van der Waals surface area contributed by atoms with Gasteiger partial charge >= 0.3 is 6.01 Å². The van der Waals surface area contributed by atoms with Gasteiger partial charge in [0.25, 0.3) is 0 Å². The van der Waals surface area contributed by atoms with E-state index in [1.54, 1.807) is 7.11 Å². The summed E-state index contributed by atoms with van der Waals surface area (Å²) in [6, 6.07) is 6.82. The summed E-state index contributed by atoms with van der Waals surface area (Å²) >= 11 is 5.55. The molecule has 0 N–H and O–H groups in total. The van der Waals surface area contributed by atoms with E-state index in [1.807, 2.05) is 4.90 Å². The van der Waals surface area contributed by atoms with E-state index in [0.29, 0.717) is 19.1 Å². The number of hydrogen-bond acceptors (Lipinski definition) is 6. The molecule has 0 aliphatic carbocycles. The summed E-state index contributed by atoms with van der Waals surface area (Å²) in [5.74, 6) is 0.878. The van der Waals surface area contributed by atoms with E-state index in [1.165, 1.54) is 34.0 Å². The minimum Gasteiger partial charge on any atom is -0.467 e. The average molecular weight is 442 g/mol. The van der Waals surface area contributed by atoms with Crippen molar-refractivity contribution in [3.8, 4) is 6.01 Å². The fraction of sp³-hybridized carbons (Fsp3) is 0.435. The Hall–Kier alpha value is -2.80. The smallest absolute Gasteiger partial charge is 0.318 e. The van der Waals surface area contributed by atoms with Crippen LogP contribution in [-0.2, 0) is 17.8 Å². The lowest BCUT2D eigenvalue weighted by Crippen LogP contribution is -2.49. The van der Waals surface area contributed by atoms with Crippen molar-refractivity contribution in [1.29, 1.82) is 0 Å². The largest absolute Gasteiger partial charge is 0.467 e. The molecule has 164 valence electrons. The highest BCUT2D eigenvalue weighted by atomic mass is 35.5. The highest BCUT2D eigenvalue weighted by Gasteiger charge is 2.28. The number of ether oxygens (including phenoxy) is 1. The van der Waals surface area contributed by atoms with Crippen LogP contribution in [0.5, 0.6) is 6.01 Å². The molecule has 2 aliphatic heterocycles. The highest BCUT2D eigenvalue weighted by molar-refractivity contribution is 6.26. The Balaban J connectivity index is 1.58. The molecule has 1 aromatic heterocycles. The number of hydrogen-bond donors (Lipinski definition) is 0. The van der Waals surface area contributed by atoms with Gasteiger partial charge in [-0.05, 0) is 37.5 Å². The first kappa shape index (κ1) is 21.4. The topological polar surface area (TPSA) is 61.8 Å². The second-order valence-electron chi connectivity index (χ2n) is 7.95. The minimum atomic E-state index is -0.0545. The number of anilines is 2. The van der Waals surface area contributed by atoms with Gasteiger partial charge in [0.1, 0.15) is 5.82 Å². The molecule has 1 saturated heterocycles. The monoisotopic (exact) mass is 441 g/mol. The van der Waals surface area contributed by atoms with Gasteiger partial charge in [-0.25, -0.2) is 0 Å². The minimum absolute atomic E-state index is 0.0545. The fourth-order valence-corrected chi connectivity index (χ4v) is 4.43. The number of amides is 1. The van der Waals surface area contributed by atoms with Crippen molar-refractivity contribution in [2.45, 2.75) is 26.8 Å². The maximum atomic E-state index is 12.1. The van der Waals surface area contributed by atoms with Crippen molar-refractivity contribution < 1.29 is 9.53 Å². The molecule has 3 heterocycles. The van der Waals surface area contributed by atoms with Crippen molar-refractivity contribution in [3.63, 3.8) is 0 Å². The lowest BCUT2D eigenvalue weighted by atomic mass is 10.0. The van der Waals surface area contributed by atoms with E-state index < -0.39 is 0 Å². The lowest BCUT2D eigenvalue weighted by Gasteiger charge is -2.38. The molecule has 7 nitrogen and oxygen atoms in total. The zero-order valence-corrected chi connectivity index (χ0v) is 19.0. The van der Waals surface area contributed by atoms with Crippen LogP contribution < -0.4 is 14.5 Å². The van der Waals surface area contributed by atoms with Crippen molar-refractivity contribution >= 4 is 29.0 Å². The summed E-state index contributed by atoms with van der Waals surface area (Å²) < 4.78 is 5.43. The second kappa shape index (κ2) is 9.14. The number of methoxy groups -OCH3 is 1. The number of carbonyl (C=O) groups is 1. The molecular formula is C23H28ClN5O2. The van der Waals surface area contributed by atoms with Gasteiger partial charge in [0.05, 0.1) is 19.3 Å². The quantitative estimate of drug-likeness (QED) is 0.679. The first-order chi connectivity index (χ1) is 15.0. The van der Waals surface area contributed by atoms with Crippen LogP contribution >= 0.6 is 11.6 Å². The Morgan fingerprint density at radius 3 is 2.58 bits per heavy atom. The molecule has 4 rings (SSSR count). The van der Waals surface area contributed by atoms with Crippen LogP contribution in [0.3, 0.4) is 0 Å².